The number of halogens is 1. The predicted octanol–water partition coefficient (Wildman–Crippen LogP) is 9.84. The van der Waals surface area contributed by atoms with Crippen LogP contribution in [0, 0.1) is 0 Å². The van der Waals surface area contributed by atoms with E-state index in [0.717, 1.165) is 33.2 Å². The first kappa shape index (κ1) is 20.0. The summed E-state index contributed by atoms with van der Waals surface area (Å²) in [6.45, 7) is 0. The summed E-state index contributed by atoms with van der Waals surface area (Å²) in [6, 6.07) is 42.7. The van der Waals surface area contributed by atoms with Gasteiger partial charge in [-0.15, -0.1) is 11.3 Å². The van der Waals surface area contributed by atoms with Crippen LogP contribution < -0.4 is 4.90 Å². The summed E-state index contributed by atoms with van der Waals surface area (Å²) in [5.41, 5.74) is 5.70. The van der Waals surface area contributed by atoms with Crippen molar-refractivity contribution in [3.05, 3.63) is 126 Å². The highest BCUT2D eigenvalue weighted by molar-refractivity contribution is 7.25. The van der Waals surface area contributed by atoms with Crippen molar-refractivity contribution in [3.63, 3.8) is 0 Å². The van der Waals surface area contributed by atoms with Crippen molar-refractivity contribution in [1.82, 2.24) is 0 Å². The molecule has 5 aromatic carbocycles. The van der Waals surface area contributed by atoms with Crippen LogP contribution in [-0.4, -0.2) is 0 Å². The lowest BCUT2D eigenvalue weighted by Gasteiger charge is -2.26. The van der Waals surface area contributed by atoms with Crippen LogP contribution >= 0.6 is 22.9 Å². The number of hydrogen-bond acceptors (Lipinski definition) is 2. The molecule has 0 atom stereocenters. The van der Waals surface area contributed by atoms with Gasteiger partial charge in [-0.1, -0.05) is 72.3 Å². The summed E-state index contributed by atoms with van der Waals surface area (Å²) in [4.78, 5) is 2.32. The van der Waals surface area contributed by atoms with Crippen LogP contribution in [-0.2, 0) is 0 Å². The molecule has 0 aliphatic rings. The van der Waals surface area contributed by atoms with E-state index in [4.69, 9.17) is 11.6 Å². The lowest BCUT2D eigenvalue weighted by atomic mass is 10.0. The summed E-state index contributed by atoms with van der Waals surface area (Å²) in [5.74, 6) is 0. The van der Waals surface area contributed by atoms with Crippen LogP contribution in [0.5, 0.6) is 0 Å². The van der Waals surface area contributed by atoms with Crippen LogP contribution in [0.4, 0.5) is 17.1 Å². The molecular formula is C30H20ClNS. The second-order valence-corrected chi connectivity index (χ2v) is 9.53. The molecule has 1 aromatic heterocycles. The summed E-state index contributed by atoms with van der Waals surface area (Å²) in [7, 11) is 0. The molecule has 0 radical (unpaired) electrons. The highest BCUT2D eigenvalue weighted by atomic mass is 35.5. The molecule has 0 spiro atoms. The first-order valence-electron chi connectivity index (χ1n) is 10.9. The Morgan fingerprint density at radius 2 is 1.18 bits per heavy atom. The predicted molar refractivity (Wildman–Crippen MR) is 144 cm³/mol. The van der Waals surface area contributed by atoms with Crippen molar-refractivity contribution in [3.8, 4) is 11.1 Å². The highest BCUT2D eigenvalue weighted by Crippen LogP contribution is 2.41. The second kappa shape index (κ2) is 8.40. The van der Waals surface area contributed by atoms with E-state index < -0.39 is 0 Å². The number of hydrogen-bond donors (Lipinski definition) is 0. The van der Waals surface area contributed by atoms with Gasteiger partial charge in [0.25, 0.3) is 0 Å². The number of rotatable bonds is 4. The molecule has 0 bridgehead atoms. The molecule has 0 unspecified atom stereocenters. The molecular weight excluding hydrogens is 442 g/mol. The number of nitrogens with zero attached hydrogens (tertiary/aromatic N) is 1. The Kier molecular flexibility index (Phi) is 5.10. The Hall–Kier alpha value is -3.59. The molecule has 1 nitrogen and oxygen atoms in total. The largest absolute Gasteiger partial charge is 0.310 e. The van der Waals surface area contributed by atoms with E-state index in [1.54, 1.807) is 0 Å². The van der Waals surface area contributed by atoms with Crippen LogP contribution in [0.1, 0.15) is 0 Å². The van der Waals surface area contributed by atoms with E-state index in [-0.39, 0.29) is 0 Å². The van der Waals surface area contributed by atoms with Crippen molar-refractivity contribution in [2.24, 2.45) is 0 Å². The molecule has 3 heteroatoms. The zero-order chi connectivity index (χ0) is 22.2. The first-order valence-corrected chi connectivity index (χ1v) is 12.1. The van der Waals surface area contributed by atoms with Crippen molar-refractivity contribution < 1.29 is 0 Å². The van der Waals surface area contributed by atoms with Crippen LogP contribution in [0.2, 0.25) is 5.02 Å². The lowest BCUT2D eigenvalue weighted by molar-refractivity contribution is 1.29. The second-order valence-electron chi connectivity index (χ2n) is 8.01. The standard InChI is InChI=1S/C30H20ClNS/c31-23-15-13-21(14-16-23)22-7-6-10-25(19-22)32(24-8-2-1-3-9-24)26-17-18-30-28(20-26)27-11-4-5-12-29(27)33-30/h1-20H. The Morgan fingerprint density at radius 1 is 0.485 bits per heavy atom. The summed E-state index contributed by atoms with van der Waals surface area (Å²) >= 11 is 7.96. The van der Waals surface area contributed by atoms with Crippen LogP contribution in [0.25, 0.3) is 31.3 Å². The molecule has 6 aromatic rings. The van der Waals surface area contributed by atoms with Crippen LogP contribution in [0.3, 0.4) is 0 Å². The average molecular weight is 462 g/mol. The van der Waals surface area contributed by atoms with Crippen molar-refractivity contribution in [2.45, 2.75) is 0 Å². The Morgan fingerprint density at radius 3 is 2.03 bits per heavy atom. The number of anilines is 3. The van der Waals surface area contributed by atoms with Gasteiger partial charge in [0.2, 0.25) is 0 Å². The Balaban J connectivity index is 1.53. The Bertz CT molecular complexity index is 1570. The van der Waals surface area contributed by atoms with E-state index in [2.05, 4.69) is 114 Å². The van der Waals surface area contributed by atoms with Gasteiger partial charge in [-0.3, -0.25) is 0 Å². The van der Waals surface area contributed by atoms with Gasteiger partial charge in [0, 0.05) is 42.3 Å². The van der Waals surface area contributed by atoms with Gasteiger partial charge in [-0.2, -0.15) is 0 Å². The van der Waals surface area contributed by atoms with Gasteiger partial charge in [0.15, 0.2) is 0 Å². The Labute approximate surface area is 202 Å². The maximum Gasteiger partial charge on any atom is 0.0468 e. The van der Waals surface area contributed by atoms with E-state index in [0.29, 0.717) is 0 Å². The molecule has 0 aliphatic carbocycles. The SMILES string of the molecule is Clc1ccc(-c2cccc(N(c3ccccc3)c3ccc4sc5ccccc5c4c3)c2)cc1. The van der Waals surface area contributed by atoms with E-state index in [1.165, 1.54) is 20.2 Å². The van der Waals surface area contributed by atoms with Gasteiger partial charge in [0.1, 0.15) is 0 Å². The minimum atomic E-state index is 0.747. The minimum Gasteiger partial charge on any atom is -0.310 e. The fraction of sp³-hybridized carbons (Fsp3) is 0. The molecule has 0 aliphatic heterocycles. The van der Waals surface area contributed by atoms with Crippen molar-refractivity contribution in [2.75, 3.05) is 4.90 Å². The molecule has 33 heavy (non-hydrogen) atoms. The third-order valence-electron chi connectivity index (χ3n) is 5.91. The lowest BCUT2D eigenvalue weighted by Crippen LogP contribution is -2.09. The fourth-order valence-electron chi connectivity index (χ4n) is 4.34. The number of fused-ring (bicyclic) bond motifs is 3. The zero-order valence-corrected chi connectivity index (χ0v) is 19.4. The topological polar surface area (TPSA) is 3.24 Å². The smallest absolute Gasteiger partial charge is 0.0468 e. The van der Waals surface area contributed by atoms with Gasteiger partial charge < -0.3 is 4.90 Å². The molecule has 0 fully saturated rings. The molecule has 0 amide bonds. The third kappa shape index (κ3) is 3.78. The van der Waals surface area contributed by atoms with Crippen molar-refractivity contribution >= 4 is 60.2 Å². The van der Waals surface area contributed by atoms with Gasteiger partial charge in [-0.05, 0) is 71.8 Å². The number of para-hydroxylation sites is 1. The molecule has 6 rings (SSSR count). The van der Waals surface area contributed by atoms with Gasteiger partial charge in [-0.25, -0.2) is 0 Å². The summed E-state index contributed by atoms with van der Waals surface area (Å²) in [5, 5.41) is 3.35. The average Bonchev–Trinajstić information content (AvgIpc) is 3.24. The maximum atomic E-state index is 6.11. The van der Waals surface area contributed by atoms with Gasteiger partial charge >= 0.3 is 0 Å². The van der Waals surface area contributed by atoms with Crippen LogP contribution in [0.15, 0.2) is 121 Å². The van der Waals surface area contributed by atoms with E-state index in [9.17, 15) is 0 Å². The fourth-order valence-corrected chi connectivity index (χ4v) is 5.56. The quantitative estimate of drug-likeness (QED) is 0.252. The highest BCUT2D eigenvalue weighted by Gasteiger charge is 2.15. The molecule has 0 saturated heterocycles. The summed E-state index contributed by atoms with van der Waals surface area (Å²) < 4.78 is 2.63. The summed E-state index contributed by atoms with van der Waals surface area (Å²) in [6.07, 6.45) is 0. The maximum absolute atomic E-state index is 6.11. The molecule has 1 heterocycles. The van der Waals surface area contributed by atoms with E-state index >= 15 is 0 Å². The normalized spacial score (nSPS) is 11.2. The zero-order valence-electron chi connectivity index (χ0n) is 17.8. The minimum absolute atomic E-state index is 0.747. The third-order valence-corrected chi connectivity index (χ3v) is 7.32. The van der Waals surface area contributed by atoms with E-state index in [1.807, 2.05) is 23.5 Å². The first-order chi connectivity index (χ1) is 16.3. The van der Waals surface area contributed by atoms with Gasteiger partial charge in [0.05, 0.1) is 0 Å². The molecule has 0 saturated carbocycles. The number of thiophene rings is 1. The monoisotopic (exact) mass is 461 g/mol. The number of benzene rings is 5. The molecule has 158 valence electrons. The molecule has 0 N–H and O–H groups in total. The van der Waals surface area contributed by atoms with Crippen molar-refractivity contribution in [1.29, 1.82) is 0 Å².